The fourth-order valence-electron chi connectivity index (χ4n) is 2.10. The first-order chi connectivity index (χ1) is 12.1. The number of hydrogen-bond donors (Lipinski definition) is 3. The number of benzene rings is 1. The van der Waals surface area contributed by atoms with E-state index in [0.717, 1.165) is 6.42 Å². The lowest BCUT2D eigenvalue weighted by atomic mass is 10.3. The van der Waals surface area contributed by atoms with Crippen LogP contribution in [0.15, 0.2) is 41.4 Å². The second-order valence-electron chi connectivity index (χ2n) is 5.33. The molecule has 7 heteroatoms. The summed E-state index contributed by atoms with van der Waals surface area (Å²) < 4.78 is 12.9. The third kappa shape index (κ3) is 6.54. The van der Waals surface area contributed by atoms with Crippen LogP contribution < -0.4 is 16.0 Å². The predicted molar refractivity (Wildman–Crippen MR) is 102 cm³/mol. The van der Waals surface area contributed by atoms with Gasteiger partial charge < -0.3 is 16.0 Å². The summed E-state index contributed by atoms with van der Waals surface area (Å²) in [5, 5.41) is 9.02. The van der Waals surface area contributed by atoms with E-state index in [0.29, 0.717) is 24.7 Å². The van der Waals surface area contributed by atoms with Crippen LogP contribution in [0.1, 0.15) is 23.6 Å². The molecule has 2 aromatic rings. The van der Waals surface area contributed by atoms with Crippen molar-refractivity contribution < 1.29 is 9.18 Å². The molecule has 0 aliphatic rings. The van der Waals surface area contributed by atoms with Crippen LogP contribution in [0.5, 0.6) is 0 Å². The number of anilines is 1. The molecule has 5 nitrogen and oxygen atoms in total. The number of rotatable bonds is 7. The SMILES string of the molecule is CCNC(=NCC(=O)Nc1ccc(F)cc1)NCc1ccc(CC)s1. The van der Waals surface area contributed by atoms with E-state index >= 15 is 0 Å². The molecule has 1 aromatic carbocycles. The van der Waals surface area contributed by atoms with Crippen LogP contribution in [0, 0.1) is 5.82 Å². The fraction of sp³-hybridized carbons (Fsp3) is 0.333. The molecule has 1 aromatic heterocycles. The molecule has 1 amide bonds. The zero-order valence-corrected chi connectivity index (χ0v) is 15.3. The number of hydrogen-bond acceptors (Lipinski definition) is 3. The van der Waals surface area contributed by atoms with E-state index in [1.807, 2.05) is 6.92 Å². The Balaban J connectivity index is 1.87. The molecule has 0 atom stereocenters. The molecule has 134 valence electrons. The highest BCUT2D eigenvalue weighted by Gasteiger charge is 2.04. The highest BCUT2D eigenvalue weighted by molar-refractivity contribution is 7.11. The van der Waals surface area contributed by atoms with Crippen molar-refractivity contribution in [2.24, 2.45) is 4.99 Å². The standard InChI is InChI=1S/C18H23FN4OS/c1-3-15-9-10-16(25-15)11-21-18(20-4-2)22-12-17(24)23-14-7-5-13(19)6-8-14/h5-10H,3-4,11-12H2,1-2H3,(H,23,24)(H2,20,21,22). The summed E-state index contributed by atoms with van der Waals surface area (Å²) >= 11 is 1.77. The molecular weight excluding hydrogens is 339 g/mol. The molecule has 2 rings (SSSR count). The van der Waals surface area contributed by atoms with Crippen LogP contribution in [0.3, 0.4) is 0 Å². The number of amides is 1. The zero-order valence-electron chi connectivity index (χ0n) is 14.4. The molecule has 0 saturated heterocycles. The predicted octanol–water partition coefficient (Wildman–Crippen LogP) is 3.14. The molecule has 0 spiro atoms. The van der Waals surface area contributed by atoms with Crippen LogP contribution in [0.25, 0.3) is 0 Å². The fourth-order valence-corrected chi connectivity index (χ4v) is 3.00. The first-order valence-corrected chi connectivity index (χ1v) is 9.07. The number of halogens is 1. The van der Waals surface area contributed by atoms with Gasteiger partial charge in [0.2, 0.25) is 5.91 Å². The Labute approximate surface area is 151 Å². The first kappa shape index (κ1) is 18.9. The van der Waals surface area contributed by atoms with Gasteiger partial charge in [-0.25, -0.2) is 9.38 Å². The van der Waals surface area contributed by atoms with Gasteiger partial charge in [0, 0.05) is 22.0 Å². The van der Waals surface area contributed by atoms with Crippen molar-refractivity contribution in [3.8, 4) is 0 Å². The van der Waals surface area contributed by atoms with Crippen LogP contribution in [0.4, 0.5) is 10.1 Å². The van der Waals surface area contributed by atoms with Crippen LogP contribution in [-0.2, 0) is 17.8 Å². The molecule has 0 unspecified atom stereocenters. The van der Waals surface area contributed by atoms with Crippen LogP contribution in [-0.4, -0.2) is 25.0 Å². The monoisotopic (exact) mass is 362 g/mol. The summed E-state index contributed by atoms with van der Waals surface area (Å²) in [4.78, 5) is 18.8. The van der Waals surface area contributed by atoms with Crippen molar-refractivity contribution in [1.82, 2.24) is 10.6 Å². The molecule has 3 N–H and O–H groups in total. The van der Waals surface area contributed by atoms with Crippen molar-refractivity contribution in [2.75, 3.05) is 18.4 Å². The summed E-state index contributed by atoms with van der Waals surface area (Å²) in [6.45, 7) is 5.45. The Bertz CT molecular complexity index is 712. The topological polar surface area (TPSA) is 65.5 Å². The maximum Gasteiger partial charge on any atom is 0.246 e. The third-order valence-electron chi connectivity index (χ3n) is 3.35. The number of aliphatic imine (C=N–C) groups is 1. The van der Waals surface area contributed by atoms with Crippen LogP contribution in [0.2, 0.25) is 0 Å². The molecule has 0 aliphatic heterocycles. The summed E-state index contributed by atoms with van der Waals surface area (Å²) in [6.07, 6.45) is 1.03. The van der Waals surface area contributed by atoms with E-state index in [4.69, 9.17) is 0 Å². The number of nitrogens with one attached hydrogen (secondary N) is 3. The molecule has 25 heavy (non-hydrogen) atoms. The minimum atomic E-state index is -0.338. The van der Waals surface area contributed by atoms with E-state index in [1.165, 1.54) is 34.0 Å². The lowest BCUT2D eigenvalue weighted by Gasteiger charge is -2.10. The minimum absolute atomic E-state index is 0.0165. The minimum Gasteiger partial charge on any atom is -0.357 e. The van der Waals surface area contributed by atoms with Crippen molar-refractivity contribution in [3.05, 3.63) is 52.0 Å². The van der Waals surface area contributed by atoms with Crippen molar-refractivity contribution in [2.45, 2.75) is 26.8 Å². The van der Waals surface area contributed by atoms with E-state index < -0.39 is 0 Å². The van der Waals surface area contributed by atoms with Crippen molar-refractivity contribution in [1.29, 1.82) is 0 Å². The lowest BCUT2D eigenvalue weighted by molar-refractivity contribution is -0.114. The molecule has 0 fully saturated rings. The summed E-state index contributed by atoms with van der Waals surface area (Å²) in [5.74, 6) is -0.00846. The van der Waals surface area contributed by atoms with Gasteiger partial charge in [0.15, 0.2) is 5.96 Å². The Hall–Kier alpha value is -2.41. The largest absolute Gasteiger partial charge is 0.357 e. The lowest BCUT2D eigenvalue weighted by Crippen LogP contribution is -2.37. The normalized spacial score (nSPS) is 11.2. The van der Waals surface area contributed by atoms with Gasteiger partial charge in [0.05, 0.1) is 6.54 Å². The number of aryl methyl sites for hydroxylation is 1. The Morgan fingerprint density at radius 1 is 1.08 bits per heavy atom. The number of guanidine groups is 1. The smallest absolute Gasteiger partial charge is 0.246 e. The number of thiophene rings is 1. The summed E-state index contributed by atoms with van der Waals surface area (Å²) in [5.41, 5.74) is 0.547. The van der Waals surface area contributed by atoms with Gasteiger partial charge in [-0.3, -0.25) is 4.79 Å². The third-order valence-corrected chi connectivity index (χ3v) is 4.58. The van der Waals surface area contributed by atoms with Gasteiger partial charge in [-0.2, -0.15) is 0 Å². The molecule has 0 aliphatic carbocycles. The molecule has 0 saturated carbocycles. The highest BCUT2D eigenvalue weighted by Crippen LogP contribution is 2.16. The molecule has 1 heterocycles. The summed E-state index contributed by atoms with van der Waals surface area (Å²) in [6, 6.07) is 9.86. The number of carbonyl (C=O) groups is 1. The molecule has 0 bridgehead atoms. The van der Waals surface area contributed by atoms with Gasteiger partial charge in [-0.15, -0.1) is 11.3 Å². The Morgan fingerprint density at radius 2 is 1.80 bits per heavy atom. The Morgan fingerprint density at radius 3 is 2.44 bits per heavy atom. The maximum absolute atomic E-state index is 12.9. The van der Waals surface area contributed by atoms with Gasteiger partial charge in [0.25, 0.3) is 0 Å². The molecule has 0 radical (unpaired) electrons. The average Bonchev–Trinajstić information content (AvgIpc) is 3.07. The van der Waals surface area contributed by atoms with Gasteiger partial charge in [-0.05, 0) is 49.7 Å². The summed E-state index contributed by atoms with van der Waals surface area (Å²) in [7, 11) is 0. The van der Waals surface area contributed by atoms with Gasteiger partial charge >= 0.3 is 0 Å². The highest BCUT2D eigenvalue weighted by atomic mass is 32.1. The second kappa shape index (κ2) is 9.78. The first-order valence-electron chi connectivity index (χ1n) is 8.26. The van der Waals surface area contributed by atoms with Crippen molar-refractivity contribution >= 4 is 28.9 Å². The quantitative estimate of drug-likeness (QED) is 0.524. The van der Waals surface area contributed by atoms with E-state index in [9.17, 15) is 9.18 Å². The maximum atomic E-state index is 12.9. The van der Waals surface area contributed by atoms with Crippen LogP contribution >= 0.6 is 11.3 Å². The Kier molecular flexibility index (Phi) is 7.40. The van der Waals surface area contributed by atoms with Gasteiger partial charge in [-0.1, -0.05) is 6.92 Å². The number of nitrogens with zero attached hydrogens (tertiary/aromatic N) is 1. The molecular formula is C18H23FN4OS. The van der Waals surface area contributed by atoms with Gasteiger partial charge in [0.1, 0.15) is 12.4 Å². The average molecular weight is 362 g/mol. The second-order valence-corrected chi connectivity index (χ2v) is 6.58. The van der Waals surface area contributed by atoms with E-state index in [-0.39, 0.29) is 18.3 Å². The van der Waals surface area contributed by atoms with Crippen molar-refractivity contribution in [3.63, 3.8) is 0 Å². The van der Waals surface area contributed by atoms with E-state index in [1.54, 1.807) is 11.3 Å². The number of carbonyl (C=O) groups excluding carboxylic acids is 1. The zero-order chi connectivity index (χ0) is 18.1. The van der Waals surface area contributed by atoms with E-state index in [2.05, 4.69) is 40.0 Å².